The van der Waals surface area contributed by atoms with E-state index < -0.39 is 6.16 Å². The molecule has 0 saturated heterocycles. The van der Waals surface area contributed by atoms with Gasteiger partial charge in [0.2, 0.25) is 5.88 Å². The van der Waals surface area contributed by atoms with E-state index in [4.69, 9.17) is 9.47 Å². The summed E-state index contributed by atoms with van der Waals surface area (Å²) in [6.45, 7) is 3.72. The zero-order valence-corrected chi connectivity index (χ0v) is 12.9. The summed E-state index contributed by atoms with van der Waals surface area (Å²) in [7, 11) is 0. The van der Waals surface area contributed by atoms with Gasteiger partial charge >= 0.3 is 6.16 Å². The minimum absolute atomic E-state index is 0.356. The van der Waals surface area contributed by atoms with Crippen LogP contribution < -0.4 is 9.47 Å². The van der Waals surface area contributed by atoms with Crippen molar-refractivity contribution >= 4 is 6.16 Å². The summed E-state index contributed by atoms with van der Waals surface area (Å²) in [4.78, 5) is 12.0. The molecule has 116 valence electrons. The van der Waals surface area contributed by atoms with Gasteiger partial charge in [-0.05, 0) is 38.1 Å². The average Bonchev–Trinajstić information content (AvgIpc) is 2.85. The Hall–Kier alpha value is -3.08. The lowest BCUT2D eigenvalue weighted by molar-refractivity contribution is 0.148. The summed E-state index contributed by atoms with van der Waals surface area (Å²) >= 11 is 0. The van der Waals surface area contributed by atoms with Crippen molar-refractivity contribution in [3.05, 3.63) is 71.9 Å². The summed E-state index contributed by atoms with van der Waals surface area (Å²) in [6, 6.07) is 18.3. The number of rotatable bonds is 3. The molecule has 1 aromatic heterocycles. The molecule has 3 rings (SSSR count). The number of nitrogens with zero attached hydrogens (tertiary/aromatic N) is 2. The van der Waals surface area contributed by atoms with Crippen LogP contribution in [0.5, 0.6) is 11.6 Å². The normalized spacial score (nSPS) is 10.3. The van der Waals surface area contributed by atoms with E-state index >= 15 is 0 Å². The molecule has 5 heteroatoms. The van der Waals surface area contributed by atoms with E-state index in [0.717, 1.165) is 16.9 Å². The maximum atomic E-state index is 12.0. The molecule has 0 unspecified atom stereocenters. The largest absolute Gasteiger partial charge is 0.520 e. The third-order valence-corrected chi connectivity index (χ3v) is 3.43. The Balaban J connectivity index is 1.86. The van der Waals surface area contributed by atoms with E-state index in [-0.39, 0.29) is 0 Å². The molecule has 0 atom stereocenters. The highest BCUT2D eigenvalue weighted by molar-refractivity contribution is 5.67. The van der Waals surface area contributed by atoms with E-state index in [9.17, 15) is 4.79 Å². The molecule has 0 aliphatic rings. The van der Waals surface area contributed by atoms with Gasteiger partial charge in [-0.15, -0.1) is 0 Å². The molecule has 2 aromatic carbocycles. The first-order valence-corrected chi connectivity index (χ1v) is 7.21. The monoisotopic (exact) mass is 308 g/mol. The fourth-order valence-electron chi connectivity index (χ4n) is 2.13. The fourth-order valence-corrected chi connectivity index (χ4v) is 2.13. The maximum Gasteiger partial charge on any atom is 0.520 e. The van der Waals surface area contributed by atoms with Gasteiger partial charge in [0.15, 0.2) is 0 Å². The molecule has 0 N–H and O–H groups in total. The standard InChI is InChI=1S/C18H16N2O3/c1-13-14(2)19-20(15-9-5-3-6-10-15)17(13)23-18(21)22-16-11-7-4-8-12-16/h3-12H,1-2H3. The van der Waals surface area contributed by atoms with Gasteiger partial charge in [-0.1, -0.05) is 36.4 Å². The first kappa shape index (κ1) is 14.8. The minimum Gasteiger partial charge on any atom is -0.395 e. The molecule has 1 heterocycles. The number of para-hydroxylation sites is 2. The first-order chi connectivity index (χ1) is 11.1. The fraction of sp³-hybridized carbons (Fsp3) is 0.111. The highest BCUT2D eigenvalue weighted by Crippen LogP contribution is 2.25. The zero-order valence-electron chi connectivity index (χ0n) is 12.9. The van der Waals surface area contributed by atoms with Crippen LogP contribution in [0.3, 0.4) is 0 Å². The molecular formula is C18H16N2O3. The molecule has 0 amide bonds. The number of ether oxygens (including phenoxy) is 2. The van der Waals surface area contributed by atoms with Crippen molar-refractivity contribution in [3.63, 3.8) is 0 Å². The van der Waals surface area contributed by atoms with Gasteiger partial charge in [0, 0.05) is 5.56 Å². The van der Waals surface area contributed by atoms with Crippen molar-refractivity contribution in [2.24, 2.45) is 0 Å². The summed E-state index contributed by atoms with van der Waals surface area (Å²) in [5, 5.41) is 4.42. The van der Waals surface area contributed by atoms with Crippen molar-refractivity contribution in [1.82, 2.24) is 9.78 Å². The molecular weight excluding hydrogens is 292 g/mol. The van der Waals surface area contributed by atoms with Crippen LogP contribution >= 0.6 is 0 Å². The highest BCUT2D eigenvalue weighted by Gasteiger charge is 2.19. The molecule has 0 radical (unpaired) electrons. The third kappa shape index (κ3) is 3.23. The van der Waals surface area contributed by atoms with Gasteiger partial charge in [-0.3, -0.25) is 0 Å². The zero-order chi connectivity index (χ0) is 16.2. The van der Waals surface area contributed by atoms with Crippen molar-refractivity contribution in [2.45, 2.75) is 13.8 Å². The Kier molecular flexibility index (Phi) is 4.10. The Labute approximate surface area is 134 Å². The predicted molar refractivity (Wildman–Crippen MR) is 86.1 cm³/mol. The van der Waals surface area contributed by atoms with Gasteiger partial charge in [0.05, 0.1) is 11.4 Å². The number of carbonyl (C=O) groups excluding carboxylic acids is 1. The molecule has 0 aliphatic carbocycles. The van der Waals surface area contributed by atoms with Crippen LogP contribution in [0.15, 0.2) is 60.7 Å². The number of aromatic nitrogens is 2. The Morgan fingerprint density at radius 3 is 2.17 bits per heavy atom. The highest BCUT2D eigenvalue weighted by atomic mass is 16.7. The molecule has 0 bridgehead atoms. The van der Waals surface area contributed by atoms with Crippen LogP contribution in [0.1, 0.15) is 11.3 Å². The number of hydrogen-bond acceptors (Lipinski definition) is 4. The van der Waals surface area contributed by atoms with Crippen molar-refractivity contribution in [3.8, 4) is 17.3 Å². The van der Waals surface area contributed by atoms with Gasteiger partial charge in [-0.25, -0.2) is 9.48 Å². The lowest BCUT2D eigenvalue weighted by atomic mass is 10.3. The molecule has 0 aliphatic heterocycles. The lowest BCUT2D eigenvalue weighted by Gasteiger charge is -2.09. The average molecular weight is 308 g/mol. The van der Waals surface area contributed by atoms with E-state index in [0.29, 0.717) is 11.6 Å². The quantitative estimate of drug-likeness (QED) is 0.540. The molecule has 5 nitrogen and oxygen atoms in total. The van der Waals surface area contributed by atoms with Crippen LogP contribution in [0, 0.1) is 13.8 Å². The maximum absolute atomic E-state index is 12.0. The summed E-state index contributed by atoms with van der Waals surface area (Å²) < 4.78 is 12.2. The van der Waals surface area contributed by atoms with E-state index in [1.807, 2.05) is 50.2 Å². The van der Waals surface area contributed by atoms with Crippen molar-refractivity contribution in [1.29, 1.82) is 0 Å². The molecule has 0 spiro atoms. The van der Waals surface area contributed by atoms with E-state index in [1.54, 1.807) is 28.9 Å². The van der Waals surface area contributed by atoms with Crippen LogP contribution in [0.25, 0.3) is 5.69 Å². The van der Waals surface area contributed by atoms with Gasteiger partial charge < -0.3 is 9.47 Å². The number of benzene rings is 2. The summed E-state index contributed by atoms with van der Waals surface area (Å²) in [5.41, 5.74) is 2.39. The second kappa shape index (κ2) is 6.36. The van der Waals surface area contributed by atoms with Crippen molar-refractivity contribution in [2.75, 3.05) is 0 Å². The second-order valence-corrected chi connectivity index (χ2v) is 5.03. The van der Waals surface area contributed by atoms with Gasteiger partial charge in [-0.2, -0.15) is 5.10 Å². The molecule has 0 saturated carbocycles. The number of carbonyl (C=O) groups is 1. The van der Waals surface area contributed by atoms with E-state index in [1.165, 1.54) is 0 Å². The SMILES string of the molecule is Cc1nn(-c2ccccc2)c(OC(=O)Oc2ccccc2)c1C. The third-order valence-electron chi connectivity index (χ3n) is 3.43. The number of hydrogen-bond donors (Lipinski definition) is 0. The first-order valence-electron chi connectivity index (χ1n) is 7.21. The number of aryl methyl sites for hydroxylation is 1. The Morgan fingerprint density at radius 2 is 1.52 bits per heavy atom. The molecule has 0 fully saturated rings. The van der Waals surface area contributed by atoms with Gasteiger partial charge in [0.25, 0.3) is 0 Å². The molecule has 23 heavy (non-hydrogen) atoms. The van der Waals surface area contributed by atoms with Crippen molar-refractivity contribution < 1.29 is 14.3 Å². The van der Waals surface area contributed by atoms with Gasteiger partial charge in [0.1, 0.15) is 5.75 Å². The predicted octanol–water partition coefficient (Wildman–Crippen LogP) is 4.07. The van der Waals surface area contributed by atoms with E-state index in [2.05, 4.69) is 5.10 Å². The Morgan fingerprint density at radius 1 is 0.913 bits per heavy atom. The summed E-state index contributed by atoms with van der Waals surface area (Å²) in [6.07, 6.45) is -0.795. The Bertz CT molecular complexity index is 811. The van der Waals surface area contributed by atoms with Crippen LogP contribution in [-0.4, -0.2) is 15.9 Å². The topological polar surface area (TPSA) is 53.4 Å². The van der Waals surface area contributed by atoms with Crippen LogP contribution in [-0.2, 0) is 0 Å². The second-order valence-electron chi connectivity index (χ2n) is 5.03. The molecule has 3 aromatic rings. The summed E-state index contributed by atoms with van der Waals surface area (Å²) in [5.74, 6) is 0.785. The van der Waals surface area contributed by atoms with Crippen LogP contribution in [0.4, 0.5) is 4.79 Å². The minimum atomic E-state index is -0.795. The lowest BCUT2D eigenvalue weighted by Crippen LogP contribution is -2.16. The smallest absolute Gasteiger partial charge is 0.395 e. The van der Waals surface area contributed by atoms with Crippen LogP contribution in [0.2, 0.25) is 0 Å².